The Bertz CT molecular complexity index is 471. The van der Waals surface area contributed by atoms with Crippen LogP contribution in [0, 0.1) is 0 Å². The second kappa shape index (κ2) is 5.28. The average Bonchev–Trinajstić information content (AvgIpc) is 2.33. The molecule has 1 aromatic rings. The van der Waals surface area contributed by atoms with Crippen LogP contribution in [0.2, 0.25) is 0 Å². The van der Waals surface area contributed by atoms with Gasteiger partial charge in [-0.15, -0.1) is 0 Å². The van der Waals surface area contributed by atoms with Gasteiger partial charge in [0.25, 0.3) is 0 Å². The summed E-state index contributed by atoms with van der Waals surface area (Å²) < 4.78 is 32.1. The van der Waals surface area contributed by atoms with E-state index < -0.39 is 15.3 Å². The second-order valence-electron chi connectivity index (χ2n) is 3.68. The Hall–Kier alpha value is -0.730. The van der Waals surface area contributed by atoms with Gasteiger partial charge >= 0.3 is 0 Å². The highest BCUT2D eigenvalue weighted by molar-refractivity contribution is 9.10. The van der Waals surface area contributed by atoms with Gasteiger partial charge < -0.3 is 4.74 Å². The molecule has 1 saturated heterocycles. The zero-order chi connectivity index (χ0) is 12.3. The lowest BCUT2D eigenvalue weighted by molar-refractivity contribution is 0.0984. The molecule has 8 heteroatoms. The third-order valence-corrected chi connectivity index (χ3v) is 4.73. The fraction of sp³-hybridized carbons (Fsp3) is 0.556. The zero-order valence-corrected chi connectivity index (χ0v) is 11.4. The van der Waals surface area contributed by atoms with Gasteiger partial charge in [0.15, 0.2) is 5.82 Å². The van der Waals surface area contributed by atoms with E-state index in [2.05, 4.69) is 30.6 Å². The molecule has 0 amide bonds. The van der Waals surface area contributed by atoms with Crippen molar-refractivity contribution >= 4 is 31.8 Å². The molecular formula is C9H12BrN3O3S. The summed E-state index contributed by atoms with van der Waals surface area (Å²) in [6, 6.07) is 0. The first-order chi connectivity index (χ1) is 8.08. The van der Waals surface area contributed by atoms with E-state index in [0.717, 1.165) is 0 Å². The van der Waals surface area contributed by atoms with Crippen molar-refractivity contribution < 1.29 is 13.2 Å². The summed E-state index contributed by atoms with van der Waals surface area (Å²) in [4.78, 5) is 7.84. The molecule has 1 N–H and O–H groups in total. The van der Waals surface area contributed by atoms with Gasteiger partial charge in [0.2, 0.25) is 10.0 Å². The summed E-state index contributed by atoms with van der Waals surface area (Å²) in [6.45, 7) is 0.967. The molecule has 2 rings (SSSR count). The van der Waals surface area contributed by atoms with Crippen molar-refractivity contribution in [1.29, 1.82) is 0 Å². The van der Waals surface area contributed by atoms with Crippen LogP contribution < -0.4 is 4.72 Å². The van der Waals surface area contributed by atoms with Crippen LogP contribution in [0.25, 0.3) is 0 Å². The molecule has 0 bridgehead atoms. The lowest BCUT2D eigenvalue weighted by Gasteiger charge is -2.22. The van der Waals surface area contributed by atoms with E-state index in [1.165, 1.54) is 12.4 Å². The topological polar surface area (TPSA) is 81.2 Å². The minimum Gasteiger partial charge on any atom is -0.381 e. The van der Waals surface area contributed by atoms with Crippen molar-refractivity contribution in [2.75, 3.05) is 17.9 Å². The van der Waals surface area contributed by atoms with Gasteiger partial charge in [0.1, 0.15) is 4.60 Å². The maximum atomic E-state index is 12.0. The Morgan fingerprint density at radius 3 is 2.59 bits per heavy atom. The molecule has 94 valence electrons. The van der Waals surface area contributed by atoms with Crippen LogP contribution in [0.4, 0.5) is 5.82 Å². The number of anilines is 1. The molecule has 0 spiro atoms. The molecule has 1 aliphatic heterocycles. The van der Waals surface area contributed by atoms with Crippen LogP contribution in [0.5, 0.6) is 0 Å². The van der Waals surface area contributed by atoms with Gasteiger partial charge in [0, 0.05) is 13.2 Å². The van der Waals surface area contributed by atoms with E-state index >= 15 is 0 Å². The highest BCUT2D eigenvalue weighted by atomic mass is 79.9. The van der Waals surface area contributed by atoms with Crippen molar-refractivity contribution in [3.8, 4) is 0 Å². The van der Waals surface area contributed by atoms with Crippen LogP contribution in [-0.2, 0) is 14.8 Å². The summed E-state index contributed by atoms with van der Waals surface area (Å²) in [7, 11) is -3.40. The largest absolute Gasteiger partial charge is 0.381 e. The van der Waals surface area contributed by atoms with Crippen LogP contribution in [0.3, 0.4) is 0 Å². The number of hydrogen-bond donors (Lipinski definition) is 1. The normalized spacial score (nSPS) is 17.9. The number of nitrogens with zero attached hydrogens (tertiary/aromatic N) is 2. The number of ether oxygens (including phenoxy) is 1. The summed E-state index contributed by atoms with van der Waals surface area (Å²) in [5, 5.41) is -0.415. The van der Waals surface area contributed by atoms with E-state index in [4.69, 9.17) is 4.74 Å². The Kier molecular flexibility index (Phi) is 3.95. The van der Waals surface area contributed by atoms with Crippen molar-refractivity contribution in [1.82, 2.24) is 9.97 Å². The first-order valence-electron chi connectivity index (χ1n) is 5.15. The Balaban J connectivity index is 2.08. The lowest BCUT2D eigenvalue weighted by Crippen LogP contribution is -2.33. The predicted molar refractivity (Wildman–Crippen MR) is 66.1 cm³/mol. The first-order valence-corrected chi connectivity index (χ1v) is 7.49. The van der Waals surface area contributed by atoms with E-state index in [9.17, 15) is 8.42 Å². The number of rotatable bonds is 3. The van der Waals surface area contributed by atoms with Crippen LogP contribution in [-0.4, -0.2) is 36.8 Å². The summed E-state index contributed by atoms with van der Waals surface area (Å²) in [6.07, 6.45) is 3.85. The second-order valence-corrected chi connectivity index (χ2v) is 6.46. The third kappa shape index (κ3) is 3.36. The third-order valence-electron chi connectivity index (χ3n) is 2.47. The molecule has 1 aromatic heterocycles. The van der Waals surface area contributed by atoms with Gasteiger partial charge in [-0.1, -0.05) is 0 Å². The molecule has 0 radical (unpaired) electrons. The van der Waals surface area contributed by atoms with Crippen LogP contribution >= 0.6 is 15.9 Å². The fourth-order valence-electron chi connectivity index (χ4n) is 1.58. The number of nitrogens with one attached hydrogen (secondary N) is 1. The molecule has 0 aliphatic carbocycles. The molecule has 0 atom stereocenters. The van der Waals surface area contributed by atoms with Crippen molar-refractivity contribution in [3.05, 3.63) is 17.0 Å². The van der Waals surface area contributed by atoms with Gasteiger partial charge in [-0.25, -0.2) is 18.4 Å². The summed E-state index contributed by atoms with van der Waals surface area (Å²) in [5.41, 5.74) is 0. The molecule has 1 aliphatic rings. The summed E-state index contributed by atoms with van der Waals surface area (Å²) in [5.74, 6) is 0.236. The number of aromatic nitrogens is 2. The first kappa shape index (κ1) is 12.7. The van der Waals surface area contributed by atoms with Crippen molar-refractivity contribution in [2.45, 2.75) is 18.1 Å². The van der Waals surface area contributed by atoms with Gasteiger partial charge in [-0.05, 0) is 28.8 Å². The fourth-order valence-corrected chi connectivity index (χ4v) is 3.16. The monoisotopic (exact) mass is 321 g/mol. The maximum Gasteiger partial charge on any atom is 0.236 e. The Labute approximate surface area is 108 Å². The van der Waals surface area contributed by atoms with Crippen molar-refractivity contribution in [2.24, 2.45) is 0 Å². The van der Waals surface area contributed by atoms with E-state index in [1.54, 1.807) is 0 Å². The van der Waals surface area contributed by atoms with E-state index in [-0.39, 0.29) is 5.82 Å². The minimum atomic E-state index is -3.40. The molecule has 2 heterocycles. The molecule has 0 aromatic carbocycles. The highest BCUT2D eigenvalue weighted by Crippen LogP contribution is 2.18. The number of hydrogen-bond acceptors (Lipinski definition) is 5. The average molecular weight is 322 g/mol. The standard InChI is InChI=1S/C9H12BrN3O3S/c10-8-5-12-9(6-11-8)13-17(14,15)7-1-3-16-4-2-7/h5-7H,1-4H2,(H,12,13). The van der Waals surface area contributed by atoms with Crippen LogP contribution in [0.15, 0.2) is 17.0 Å². The molecule has 6 nitrogen and oxygen atoms in total. The molecule has 0 unspecified atom stereocenters. The lowest BCUT2D eigenvalue weighted by atomic mass is 10.2. The zero-order valence-electron chi connectivity index (χ0n) is 8.97. The quantitative estimate of drug-likeness (QED) is 0.903. The van der Waals surface area contributed by atoms with E-state index in [1.807, 2.05) is 0 Å². The Morgan fingerprint density at radius 2 is 2.00 bits per heavy atom. The molecular weight excluding hydrogens is 310 g/mol. The number of sulfonamides is 1. The molecule has 17 heavy (non-hydrogen) atoms. The molecule has 1 fully saturated rings. The van der Waals surface area contributed by atoms with E-state index in [0.29, 0.717) is 30.7 Å². The van der Waals surface area contributed by atoms with Crippen LogP contribution in [0.1, 0.15) is 12.8 Å². The van der Waals surface area contributed by atoms with Crippen molar-refractivity contribution in [3.63, 3.8) is 0 Å². The highest BCUT2D eigenvalue weighted by Gasteiger charge is 2.27. The number of halogens is 1. The van der Waals surface area contributed by atoms with Gasteiger partial charge in [0.05, 0.1) is 17.6 Å². The SMILES string of the molecule is O=S(=O)(Nc1cnc(Br)cn1)C1CCOCC1. The van der Waals surface area contributed by atoms with Gasteiger partial charge in [-0.3, -0.25) is 4.72 Å². The van der Waals surface area contributed by atoms with Gasteiger partial charge in [-0.2, -0.15) is 0 Å². The predicted octanol–water partition coefficient (Wildman–Crippen LogP) is 1.16. The Morgan fingerprint density at radius 1 is 1.29 bits per heavy atom. The maximum absolute atomic E-state index is 12.0. The summed E-state index contributed by atoms with van der Waals surface area (Å²) >= 11 is 3.13. The smallest absolute Gasteiger partial charge is 0.236 e. The molecule has 0 saturated carbocycles. The minimum absolute atomic E-state index is 0.236.